The summed E-state index contributed by atoms with van der Waals surface area (Å²) in [6, 6.07) is 15.1. The summed E-state index contributed by atoms with van der Waals surface area (Å²) in [5, 5.41) is 0.585. The largest absolute Gasteiger partial charge is 0.496 e. The Morgan fingerprint density at radius 1 is 1.25 bits per heavy atom. The van der Waals surface area contributed by atoms with Crippen LogP contribution in [0.3, 0.4) is 0 Å². The fourth-order valence-corrected chi connectivity index (χ4v) is 3.79. The van der Waals surface area contributed by atoms with E-state index in [0.717, 1.165) is 11.1 Å². The molecule has 3 rings (SSSR count). The van der Waals surface area contributed by atoms with Crippen LogP contribution in [0.15, 0.2) is 53.4 Å². The number of nitrogens with zero attached hydrogens (tertiary/aromatic N) is 1. The van der Waals surface area contributed by atoms with Crippen molar-refractivity contribution in [3.05, 3.63) is 69.6 Å². The molecule has 0 spiro atoms. The van der Waals surface area contributed by atoms with E-state index in [-0.39, 0.29) is 5.91 Å². The highest BCUT2D eigenvalue weighted by Crippen LogP contribution is 2.35. The van der Waals surface area contributed by atoms with E-state index in [4.69, 9.17) is 28.6 Å². The number of rotatable bonds is 4. The Labute approximate surface area is 155 Å². The van der Waals surface area contributed by atoms with Crippen LogP contribution in [0, 0.1) is 0 Å². The Morgan fingerprint density at radius 3 is 2.71 bits per heavy atom. The van der Waals surface area contributed by atoms with Gasteiger partial charge in [0.05, 0.1) is 18.6 Å². The molecule has 1 aliphatic heterocycles. The lowest BCUT2D eigenvalue weighted by atomic mass is 10.1. The molecule has 6 heteroatoms. The Bertz CT molecular complexity index is 821. The number of hydrogen-bond acceptors (Lipinski definition) is 4. The number of benzene rings is 2. The van der Waals surface area contributed by atoms with Crippen LogP contribution >= 0.6 is 35.6 Å². The Hall–Kier alpha value is -1.82. The second kappa shape index (κ2) is 7.38. The second-order valence-corrected chi connectivity index (χ2v) is 7.25. The Kier molecular flexibility index (Phi) is 5.23. The molecule has 0 radical (unpaired) electrons. The zero-order valence-electron chi connectivity index (χ0n) is 12.9. The topological polar surface area (TPSA) is 29.5 Å². The first kappa shape index (κ1) is 17.0. The van der Waals surface area contributed by atoms with Gasteiger partial charge in [-0.2, -0.15) is 0 Å². The maximum atomic E-state index is 12.7. The molecule has 0 atom stereocenters. The van der Waals surface area contributed by atoms with Crippen molar-refractivity contribution in [3.63, 3.8) is 0 Å². The average Bonchev–Trinajstić information content (AvgIpc) is 2.84. The third-order valence-electron chi connectivity index (χ3n) is 3.54. The molecule has 122 valence electrons. The summed E-state index contributed by atoms with van der Waals surface area (Å²) in [6.07, 6.45) is 1.77. The summed E-state index contributed by atoms with van der Waals surface area (Å²) in [6.45, 7) is 0.468. The van der Waals surface area contributed by atoms with E-state index in [1.54, 1.807) is 36.3 Å². The number of thiocarbonyl (C=S) groups is 1. The summed E-state index contributed by atoms with van der Waals surface area (Å²) in [7, 11) is 1.58. The van der Waals surface area contributed by atoms with E-state index in [1.807, 2.05) is 30.3 Å². The van der Waals surface area contributed by atoms with Crippen LogP contribution in [-0.2, 0) is 11.3 Å². The molecule has 2 aromatic rings. The number of amides is 1. The predicted octanol–water partition coefficient (Wildman–Crippen LogP) is 4.75. The van der Waals surface area contributed by atoms with Crippen LogP contribution in [0.5, 0.6) is 5.75 Å². The minimum Gasteiger partial charge on any atom is -0.496 e. The van der Waals surface area contributed by atoms with Gasteiger partial charge >= 0.3 is 0 Å². The lowest BCUT2D eigenvalue weighted by Gasteiger charge is -2.14. The van der Waals surface area contributed by atoms with Gasteiger partial charge in [0.25, 0.3) is 5.91 Å². The number of hydrogen-bond donors (Lipinski definition) is 0. The summed E-state index contributed by atoms with van der Waals surface area (Å²) in [4.78, 5) is 14.9. The van der Waals surface area contributed by atoms with Crippen molar-refractivity contribution in [3.8, 4) is 5.75 Å². The number of carbonyl (C=O) groups is 1. The molecular weight excluding hydrogens is 362 g/mol. The molecular formula is C18H14ClNO2S2. The lowest BCUT2D eigenvalue weighted by molar-refractivity contribution is -0.122. The monoisotopic (exact) mass is 375 g/mol. The van der Waals surface area contributed by atoms with Crippen molar-refractivity contribution in [2.24, 2.45) is 0 Å². The molecule has 0 unspecified atom stereocenters. The van der Waals surface area contributed by atoms with Crippen LogP contribution in [0.4, 0.5) is 0 Å². The fourth-order valence-electron chi connectivity index (χ4n) is 2.36. The van der Waals surface area contributed by atoms with Crippen molar-refractivity contribution in [1.29, 1.82) is 0 Å². The molecule has 0 aliphatic carbocycles. The molecule has 0 N–H and O–H groups in total. The first-order valence-electron chi connectivity index (χ1n) is 7.21. The average molecular weight is 376 g/mol. The quantitative estimate of drug-likeness (QED) is 0.569. The third-order valence-corrected chi connectivity index (χ3v) is 5.15. The fraction of sp³-hybridized carbons (Fsp3) is 0.111. The molecule has 1 heterocycles. The van der Waals surface area contributed by atoms with Gasteiger partial charge in [0.2, 0.25) is 0 Å². The van der Waals surface area contributed by atoms with Crippen LogP contribution in [-0.4, -0.2) is 22.2 Å². The number of halogens is 1. The number of methoxy groups -OCH3 is 1. The van der Waals surface area contributed by atoms with Crippen LogP contribution < -0.4 is 4.74 Å². The summed E-state index contributed by atoms with van der Waals surface area (Å²) < 4.78 is 5.88. The van der Waals surface area contributed by atoms with Crippen LogP contribution in [0.2, 0.25) is 5.02 Å². The van der Waals surface area contributed by atoms with Gasteiger partial charge in [0.1, 0.15) is 10.1 Å². The number of ether oxygens (including phenoxy) is 1. The maximum absolute atomic E-state index is 12.7. The van der Waals surface area contributed by atoms with Gasteiger partial charge in [-0.1, -0.05) is 65.9 Å². The molecule has 0 aromatic heterocycles. The summed E-state index contributed by atoms with van der Waals surface area (Å²) in [5.41, 5.74) is 1.79. The molecule has 0 bridgehead atoms. The van der Waals surface area contributed by atoms with Gasteiger partial charge in [0.15, 0.2) is 0 Å². The SMILES string of the molecule is COc1ccc(Cl)cc1/C=C1/SC(=S)N(Cc2ccccc2)C1=O. The van der Waals surface area contributed by atoms with Crippen molar-refractivity contribution in [2.45, 2.75) is 6.54 Å². The zero-order chi connectivity index (χ0) is 17.1. The third kappa shape index (κ3) is 3.64. The number of thioether (sulfide) groups is 1. The van der Waals surface area contributed by atoms with E-state index < -0.39 is 0 Å². The van der Waals surface area contributed by atoms with Gasteiger partial charge in [-0.05, 0) is 29.8 Å². The van der Waals surface area contributed by atoms with Gasteiger partial charge in [-0.25, -0.2) is 0 Å². The van der Waals surface area contributed by atoms with E-state index >= 15 is 0 Å². The van der Waals surface area contributed by atoms with Gasteiger partial charge in [-0.3, -0.25) is 9.69 Å². The molecule has 3 nitrogen and oxygen atoms in total. The highest BCUT2D eigenvalue weighted by atomic mass is 35.5. The normalized spacial score (nSPS) is 16.1. The minimum absolute atomic E-state index is 0.101. The predicted molar refractivity (Wildman–Crippen MR) is 103 cm³/mol. The van der Waals surface area contributed by atoms with Crippen molar-refractivity contribution < 1.29 is 9.53 Å². The highest BCUT2D eigenvalue weighted by Gasteiger charge is 2.32. The van der Waals surface area contributed by atoms with E-state index in [9.17, 15) is 4.79 Å². The molecule has 24 heavy (non-hydrogen) atoms. The molecule has 1 fully saturated rings. The molecule has 1 amide bonds. The van der Waals surface area contributed by atoms with Gasteiger partial charge in [-0.15, -0.1) is 0 Å². The summed E-state index contributed by atoms with van der Waals surface area (Å²) >= 11 is 12.7. The van der Waals surface area contributed by atoms with Crippen LogP contribution in [0.25, 0.3) is 6.08 Å². The van der Waals surface area contributed by atoms with Crippen molar-refractivity contribution in [2.75, 3.05) is 7.11 Å². The van der Waals surface area contributed by atoms with Gasteiger partial charge < -0.3 is 4.74 Å². The van der Waals surface area contributed by atoms with E-state index in [2.05, 4.69) is 0 Å². The van der Waals surface area contributed by atoms with E-state index in [1.165, 1.54) is 11.8 Å². The van der Waals surface area contributed by atoms with Crippen molar-refractivity contribution >= 4 is 51.9 Å². The molecule has 1 saturated heterocycles. The Morgan fingerprint density at radius 2 is 2.00 bits per heavy atom. The first-order valence-corrected chi connectivity index (χ1v) is 8.81. The standard InChI is InChI=1S/C18H14ClNO2S2/c1-22-15-8-7-14(19)9-13(15)10-16-17(21)20(18(23)24-16)11-12-5-3-2-4-6-12/h2-10H,11H2,1H3/b16-10+. The molecule has 0 saturated carbocycles. The Balaban J connectivity index is 1.87. The summed E-state index contributed by atoms with van der Waals surface area (Å²) in [5.74, 6) is 0.559. The second-order valence-electron chi connectivity index (χ2n) is 5.14. The molecule has 2 aromatic carbocycles. The molecule has 1 aliphatic rings. The van der Waals surface area contributed by atoms with Crippen LogP contribution in [0.1, 0.15) is 11.1 Å². The first-order chi connectivity index (χ1) is 11.6. The smallest absolute Gasteiger partial charge is 0.266 e. The highest BCUT2D eigenvalue weighted by molar-refractivity contribution is 8.26. The number of carbonyl (C=O) groups excluding carboxylic acids is 1. The van der Waals surface area contributed by atoms with E-state index in [0.29, 0.717) is 26.5 Å². The zero-order valence-corrected chi connectivity index (χ0v) is 15.3. The lowest BCUT2D eigenvalue weighted by Crippen LogP contribution is -2.27. The minimum atomic E-state index is -0.101. The maximum Gasteiger partial charge on any atom is 0.266 e. The van der Waals surface area contributed by atoms with Crippen molar-refractivity contribution in [1.82, 2.24) is 4.90 Å². The van der Waals surface area contributed by atoms with Gasteiger partial charge in [0, 0.05) is 10.6 Å².